The van der Waals surface area contributed by atoms with Crippen molar-refractivity contribution in [2.24, 2.45) is 0 Å². The first-order valence-electron chi connectivity index (χ1n) is 6.87. The van der Waals surface area contributed by atoms with Crippen LogP contribution >= 0.6 is 22.6 Å². The summed E-state index contributed by atoms with van der Waals surface area (Å²) < 4.78 is 19.5. The maximum absolute atomic E-state index is 13.0. The van der Waals surface area contributed by atoms with Crippen LogP contribution in [0.4, 0.5) is 4.39 Å². The number of benzene rings is 2. The second-order valence-corrected chi connectivity index (χ2v) is 6.11. The molecule has 22 heavy (non-hydrogen) atoms. The fraction of sp³-hybridized carbons (Fsp3) is 0.235. The summed E-state index contributed by atoms with van der Waals surface area (Å²) in [4.78, 5) is 13.8. The first-order valence-corrected chi connectivity index (χ1v) is 7.95. The van der Waals surface area contributed by atoms with E-state index >= 15 is 0 Å². The number of rotatable bonds is 5. The van der Waals surface area contributed by atoms with E-state index in [9.17, 15) is 9.18 Å². The molecule has 0 aliphatic heterocycles. The monoisotopic (exact) mass is 413 g/mol. The lowest BCUT2D eigenvalue weighted by molar-refractivity contribution is -0.134. The maximum Gasteiger partial charge on any atom is 0.260 e. The van der Waals surface area contributed by atoms with Gasteiger partial charge in [-0.1, -0.05) is 24.3 Å². The lowest BCUT2D eigenvalue weighted by Crippen LogP contribution is -2.33. The molecule has 1 atom stereocenters. The van der Waals surface area contributed by atoms with Gasteiger partial charge in [0.05, 0.1) is 9.61 Å². The Kier molecular flexibility index (Phi) is 5.76. The van der Waals surface area contributed by atoms with E-state index in [0.717, 1.165) is 9.13 Å². The van der Waals surface area contributed by atoms with Crippen LogP contribution in [0.15, 0.2) is 48.5 Å². The van der Waals surface area contributed by atoms with Crippen LogP contribution in [-0.4, -0.2) is 24.5 Å². The fourth-order valence-corrected chi connectivity index (χ4v) is 2.53. The molecule has 116 valence electrons. The minimum Gasteiger partial charge on any atom is -0.483 e. The topological polar surface area (TPSA) is 29.5 Å². The van der Waals surface area contributed by atoms with Crippen LogP contribution < -0.4 is 4.74 Å². The summed E-state index contributed by atoms with van der Waals surface area (Å²) in [5.41, 5.74) is 0.881. The Morgan fingerprint density at radius 1 is 1.23 bits per heavy atom. The Morgan fingerprint density at radius 2 is 1.86 bits per heavy atom. The summed E-state index contributed by atoms with van der Waals surface area (Å²) in [5.74, 6) is 0.280. The Balaban J connectivity index is 1.97. The SMILES string of the molecule is CC(c1ccc(F)cc1)N(C)C(=O)COc1ccccc1I. The molecule has 0 spiro atoms. The van der Waals surface area contributed by atoms with Crippen LogP contribution in [0.3, 0.4) is 0 Å². The standard InChI is InChI=1S/C17H17FINO2/c1-12(13-7-9-14(18)10-8-13)20(2)17(21)11-22-16-6-4-3-5-15(16)19/h3-10,12H,11H2,1-2H3. The Labute approximate surface area is 143 Å². The molecule has 2 aromatic carbocycles. The van der Waals surface area contributed by atoms with E-state index in [1.165, 1.54) is 12.1 Å². The van der Waals surface area contributed by atoms with E-state index in [-0.39, 0.29) is 24.4 Å². The van der Waals surface area contributed by atoms with Gasteiger partial charge in [0.15, 0.2) is 6.61 Å². The third-order valence-electron chi connectivity index (χ3n) is 3.51. The van der Waals surface area contributed by atoms with Gasteiger partial charge in [0.25, 0.3) is 5.91 Å². The van der Waals surface area contributed by atoms with E-state index in [1.54, 1.807) is 24.1 Å². The highest BCUT2D eigenvalue weighted by atomic mass is 127. The highest BCUT2D eigenvalue weighted by Gasteiger charge is 2.18. The highest BCUT2D eigenvalue weighted by molar-refractivity contribution is 14.1. The lowest BCUT2D eigenvalue weighted by Gasteiger charge is -2.25. The number of carbonyl (C=O) groups excluding carboxylic acids is 1. The molecule has 0 saturated heterocycles. The number of amides is 1. The van der Waals surface area contributed by atoms with Crippen LogP contribution in [0.5, 0.6) is 5.75 Å². The van der Waals surface area contributed by atoms with Crippen molar-refractivity contribution in [2.45, 2.75) is 13.0 Å². The zero-order valence-electron chi connectivity index (χ0n) is 12.4. The molecule has 0 radical (unpaired) electrons. The second kappa shape index (κ2) is 7.58. The number of nitrogens with zero attached hydrogens (tertiary/aromatic N) is 1. The Bertz CT molecular complexity index is 645. The predicted molar refractivity (Wildman–Crippen MR) is 92.2 cm³/mol. The van der Waals surface area contributed by atoms with Gasteiger partial charge in [-0.15, -0.1) is 0 Å². The molecule has 0 saturated carbocycles. The summed E-state index contributed by atoms with van der Waals surface area (Å²) in [5, 5.41) is 0. The molecule has 5 heteroatoms. The Hall–Kier alpha value is -1.63. The molecule has 0 heterocycles. The molecule has 1 amide bonds. The first kappa shape index (κ1) is 16.7. The molecule has 2 rings (SSSR count). The fourth-order valence-electron chi connectivity index (χ4n) is 1.98. The van der Waals surface area contributed by atoms with Gasteiger partial charge in [-0.2, -0.15) is 0 Å². The van der Waals surface area contributed by atoms with Gasteiger partial charge < -0.3 is 9.64 Å². The molecule has 0 fully saturated rings. The summed E-state index contributed by atoms with van der Waals surface area (Å²) in [6, 6.07) is 13.6. The summed E-state index contributed by atoms with van der Waals surface area (Å²) >= 11 is 2.16. The van der Waals surface area contributed by atoms with E-state index in [1.807, 2.05) is 31.2 Å². The molecular formula is C17H17FINO2. The number of para-hydroxylation sites is 1. The van der Waals surface area contributed by atoms with Crippen LogP contribution in [0.25, 0.3) is 0 Å². The lowest BCUT2D eigenvalue weighted by atomic mass is 10.1. The summed E-state index contributed by atoms with van der Waals surface area (Å²) in [7, 11) is 1.72. The van der Waals surface area contributed by atoms with Crippen molar-refractivity contribution in [3.8, 4) is 5.75 Å². The molecule has 3 nitrogen and oxygen atoms in total. The zero-order chi connectivity index (χ0) is 16.1. The normalized spacial score (nSPS) is 11.8. The molecule has 0 bridgehead atoms. The van der Waals surface area contributed by atoms with Crippen molar-refractivity contribution in [3.63, 3.8) is 0 Å². The highest BCUT2D eigenvalue weighted by Crippen LogP contribution is 2.21. The van der Waals surface area contributed by atoms with Crippen molar-refractivity contribution in [1.82, 2.24) is 4.90 Å². The van der Waals surface area contributed by atoms with Crippen LogP contribution in [0.2, 0.25) is 0 Å². The number of hydrogen-bond acceptors (Lipinski definition) is 2. The number of carbonyl (C=O) groups is 1. The van der Waals surface area contributed by atoms with Gasteiger partial charge in [-0.05, 0) is 59.3 Å². The van der Waals surface area contributed by atoms with Crippen molar-refractivity contribution in [2.75, 3.05) is 13.7 Å². The maximum atomic E-state index is 13.0. The predicted octanol–water partition coefficient (Wildman–Crippen LogP) is 4.03. The van der Waals surface area contributed by atoms with Gasteiger partial charge >= 0.3 is 0 Å². The van der Waals surface area contributed by atoms with E-state index < -0.39 is 0 Å². The van der Waals surface area contributed by atoms with Crippen LogP contribution in [-0.2, 0) is 4.79 Å². The first-order chi connectivity index (χ1) is 10.5. The van der Waals surface area contributed by atoms with Crippen LogP contribution in [0.1, 0.15) is 18.5 Å². The average molecular weight is 413 g/mol. The van der Waals surface area contributed by atoms with Gasteiger partial charge in [0.2, 0.25) is 0 Å². The van der Waals surface area contributed by atoms with Gasteiger partial charge in [-0.3, -0.25) is 4.79 Å². The Morgan fingerprint density at radius 3 is 2.50 bits per heavy atom. The quantitative estimate of drug-likeness (QED) is 0.693. The molecule has 0 aliphatic rings. The third-order valence-corrected chi connectivity index (χ3v) is 4.41. The minimum absolute atomic E-state index is 0.0257. The molecule has 0 aliphatic carbocycles. The number of hydrogen-bond donors (Lipinski definition) is 0. The average Bonchev–Trinajstić information content (AvgIpc) is 2.53. The molecular weight excluding hydrogens is 396 g/mol. The van der Waals surface area contributed by atoms with E-state index in [2.05, 4.69) is 22.6 Å². The largest absolute Gasteiger partial charge is 0.483 e. The summed E-state index contributed by atoms with van der Waals surface area (Å²) in [6.07, 6.45) is 0. The zero-order valence-corrected chi connectivity index (χ0v) is 14.6. The minimum atomic E-state index is -0.285. The molecule has 2 aromatic rings. The van der Waals surface area contributed by atoms with E-state index in [0.29, 0.717) is 5.75 Å². The second-order valence-electron chi connectivity index (χ2n) is 4.95. The number of halogens is 2. The third kappa shape index (κ3) is 4.19. The number of ether oxygens (including phenoxy) is 1. The number of likely N-dealkylation sites (N-methyl/N-ethyl adjacent to an activating group) is 1. The van der Waals surface area contributed by atoms with Crippen molar-refractivity contribution in [3.05, 3.63) is 63.5 Å². The smallest absolute Gasteiger partial charge is 0.260 e. The van der Waals surface area contributed by atoms with Gasteiger partial charge in [-0.25, -0.2) is 4.39 Å². The van der Waals surface area contributed by atoms with Gasteiger partial charge in [0, 0.05) is 7.05 Å². The van der Waals surface area contributed by atoms with Crippen molar-refractivity contribution in [1.29, 1.82) is 0 Å². The van der Waals surface area contributed by atoms with Crippen molar-refractivity contribution >= 4 is 28.5 Å². The van der Waals surface area contributed by atoms with Crippen LogP contribution in [0, 0.1) is 9.39 Å². The summed E-state index contributed by atoms with van der Waals surface area (Å²) in [6.45, 7) is 1.87. The molecule has 0 N–H and O–H groups in total. The molecule has 0 aromatic heterocycles. The van der Waals surface area contributed by atoms with Crippen molar-refractivity contribution < 1.29 is 13.9 Å². The van der Waals surface area contributed by atoms with Gasteiger partial charge in [0.1, 0.15) is 11.6 Å². The molecule has 1 unspecified atom stereocenters. The van der Waals surface area contributed by atoms with E-state index in [4.69, 9.17) is 4.74 Å².